The summed E-state index contributed by atoms with van der Waals surface area (Å²) in [7, 11) is 0. The summed E-state index contributed by atoms with van der Waals surface area (Å²) in [5, 5.41) is 0. The van der Waals surface area contributed by atoms with Crippen LogP contribution in [-0.2, 0) is 0 Å². The number of hydrogen-bond donors (Lipinski definition) is 0. The first kappa shape index (κ1) is 10.7. The molecule has 0 spiro atoms. The third kappa shape index (κ3) is 3.55. The minimum absolute atomic E-state index is 0.719. The molecule has 0 amide bonds. The zero-order valence-electron chi connectivity index (χ0n) is 8.01. The van der Waals surface area contributed by atoms with Crippen molar-refractivity contribution in [2.24, 2.45) is 5.92 Å². The number of thioether (sulfide) groups is 1. The Bertz CT molecular complexity index is 142. The van der Waals surface area contributed by atoms with Gasteiger partial charge in [0, 0.05) is 0 Å². The Balaban J connectivity index is 2.39. The Morgan fingerprint density at radius 2 is 2.00 bits per heavy atom. The molecule has 0 unspecified atom stereocenters. The molecule has 1 saturated carbocycles. The minimum atomic E-state index is 0.719. The van der Waals surface area contributed by atoms with E-state index >= 15 is 0 Å². The second-order valence-electron chi connectivity index (χ2n) is 3.29. The summed E-state index contributed by atoms with van der Waals surface area (Å²) in [4.78, 5) is 0. The fraction of sp³-hybridized carbons (Fsp3) is 0.800. The van der Waals surface area contributed by atoms with Gasteiger partial charge >= 0.3 is 86.7 Å². The third-order valence-electron chi connectivity index (χ3n) is 2.42. The van der Waals surface area contributed by atoms with Crippen LogP contribution in [0, 0.1) is 5.92 Å². The molecule has 0 radical (unpaired) electrons. The first-order valence-electron chi connectivity index (χ1n) is 4.66. The van der Waals surface area contributed by atoms with Gasteiger partial charge in [0.2, 0.25) is 0 Å². The van der Waals surface area contributed by atoms with Crippen LogP contribution in [0.1, 0.15) is 32.1 Å². The van der Waals surface area contributed by atoms with Gasteiger partial charge in [0.15, 0.2) is 0 Å². The monoisotopic (exact) mass is 250 g/mol. The average Bonchev–Trinajstić information content (AvgIpc) is 2.16. The van der Waals surface area contributed by atoms with E-state index in [1.165, 1.54) is 32.1 Å². The molecular weight excluding hydrogens is 231 g/mol. The van der Waals surface area contributed by atoms with Crippen molar-refractivity contribution in [3.8, 4) is 0 Å². The SMILES string of the molecule is CS/C(=C/C1CCCCC1)[Se]C. The third-order valence-corrected chi connectivity index (χ3v) is 6.01. The van der Waals surface area contributed by atoms with Crippen molar-refractivity contribution in [2.45, 2.75) is 37.9 Å². The van der Waals surface area contributed by atoms with E-state index in [0.29, 0.717) is 0 Å². The fourth-order valence-corrected chi connectivity index (χ4v) is 3.95. The molecule has 1 rings (SSSR count). The summed E-state index contributed by atoms with van der Waals surface area (Å²) in [6, 6.07) is 0. The summed E-state index contributed by atoms with van der Waals surface area (Å²) in [5.41, 5.74) is 0. The van der Waals surface area contributed by atoms with Crippen LogP contribution in [0.5, 0.6) is 0 Å². The molecule has 0 nitrogen and oxygen atoms in total. The van der Waals surface area contributed by atoms with Crippen LogP contribution >= 0.6 is 11.8 Å². The van der Waals surface area contributed by atoms with Gasteiger partial charge in [-0.05, 0) is 0 Å². The summed E-state index contributed by atoms with van der Waals surface area (Å²) in [6.45, 7) is 0. The van der Waals surface area contributed by atoms with E-state index in [4.69, 9.17) is 0 Å². The predicted molar refractivity (Wildman–Crippen MR) is 59.8 cm³/mol. The number of allylic oxidation sites excluding steroid dienone is 1. The van der Waals surface area contributed by atoms with E-state index in [-0.39, 0.29) is 0 Å². The molecule has 0 aromatic heterocycles. The molecule has 70 valence electrons. The molecule has 0 N–H and O–H groups in total. The molecule has 0 heterocycles. The van der Waals surface area contributed by atoms with Gasteiger partial charge in [0.1, 0.15) is 0 Å². The molecule has 0 aromatic rings. The van der Waals surface area contributed by atoms with Crippen LogP contribution in [0.25, 0.3) is 0 Å². The van der Waals surface area contributed by atoms with Gasteiger partial charge in [-0.3, -0.25) is 0 Å². The zero-order chi connectivity index (χ0) is 8.81. The summed E-state index contributed by atoms with van der Waals surface area (Å²) >= 11 is 2.67. The summed E-state index contributed by atoms with van der Waals surface area (Å²) in [6.07, 6.45) is 12.0. The molecule has 1 aliphatic carbocycles. The van der Waals surface area contributed by atoms with Crippen LogP contribution in [0.15, 0.2) is 9.88 Å². The molecule has 0 atom stereocenters. The molecule has 0 aliphatic heterocycles. The standard InChI is InChI=1S/C10H18SSe/c1-11-10(12-2)8-9-6-4-3-5-7-9/h8-9H,3-7H2,1-2H3/b10-8-. The Kier molecular flexibility index (Phi) is 5.45. The van der Waals surface area contributed by atoms with E-state index in [1.807, 2.05) is 11.8 Å². The van der Waals surface area contributed by atoms with Crippen LogP contribution in [0.4, 0.5) is 0 Å². The quantitative estimate of drug-likeness (QED) is 0.690. The first-order chi connectivity index (χ1) is 5.86. The van der Waals surface area contributed by atoms with Crippen molar-refractivity contribution in [3.63, 3.8) is 0 Å². The van der Waals surface area contributed by atoms with Crippen molar-refractivity contribution >= 4 is 26.7 Å². The van der Waals surface area contributed by atoms with Gasteiger partial charge in [-0.25, -0.2) is 0 Å². The van der Waals surface area contributed by atoms with Crippen LogP contribution in [0.3, 0.4) is 0 Å². The number of hydrogen-bond acceptors (Lipinski definition) is 1. The maximum atomic E-state index is 2.55. The first-order valence-corrected chi connectivity index (χ1v) is 8.46. The topological polar surface area (TPSA) is 0 Å². The Labute approximate surface area is 86.7 Å². The fourth-order valence-electron chi connectivity index (χ4n) is 1.71. The van der Waals surface area contributed by atoms with E-state index in [9.17, 15) is 0 Å². The predicted octanol–water partition coefficient (Wildman–Crippen LogP) is 3.52. The van der Waals surface area contributed by atoms with E-state index in [2.05, 4.69) is 18.2 Å². The van der Waals surface area contributed by atoms with Crippen LogP contribution in [0.2, 0.25) is 5.82 Å². The van der Waals surface area contributed by atoms with Gasteiger partial charge in [0.05, 0.1) is 0 Å². The van der Waals surface area contributed by atoms with Gasteiger partial charge in [-0.1, -0.05) is 0 Å². The summed E-state index contributed by atoms with van der Waals surface area (Å²) < 4.78 is 1.65. The number of rotatable bonds is 3. The molecule has 1 aliphatic rings. The Morgan fingerprint density at radius 3 is 2.50 bits per heavy atom. The van der Waals surface area contributed by atoms with Crippen molar-refractivity contribution < 1.29 is 0 Å². The van der Waals surface area contributed by atoms with Gasteiger partial charge in [-0.15, -0.1) is 0 Å². The molecule has 12 heavy (non-hydrogen) atoms. The van der Waals surface area contributed by atoms with Gasteiger partial charge in [-0.2, -0.15) is 0 Å². The normalized spacial score (nSPS) is 21.3. The second-order valence-corrected chi connectivity index (χ2v) is 6.50. The van der Waals surface area contributed by atoms with E-state index in [1.54, 1.807) is 3.80 Å². The van der Waals surface area contributed by atoms with Gasteiger partial charge < -0.3 is 0 Å². The van der Waals surface area contributed by atoms with Crippen LogP contribution < -0.4 is 0 Å². The molecule has 0 saturated heterocycles. The molecule has 0 aromatic carbocycles. The van der Waals surface area contributed by atoms with Crippen LogP contribution in [-0.4, -0.2) is 21.2 Å². The second kappa shape index (κ2) is 6.12. The molecule has 1 fully saturated rings. The van der Waals surface area contributed by atoms with E-state index < -0.39 is 0 Å². The van der Waals surface area contributed by atoms with E-state index in [0.717, 1.165) is 20.9 Å². The summed E-state index contributed by atoms with van der Waals surface area (Å²) in [5.74, 6) is 3.24. The van der Waals surface area contributed by atoms with Crippen molar-refractivity contribution in [1.82, 2.24) is 0 Å². The Morgan fingerprint density at radius 1 is 1.33 bits per heavy atom. The molecule has 2 heteroatoms. The molecule has 0 bridgehead atoms. The zero-order valence-corrected chi connectivity index (χ0v) is 10.5. The van der Waals surface area contributed by atoms with Crippen molar-refractivity contribution in [2.75, 3.05) is 6.26 Å². The Hall–Kier alpha value is 0.609. The van der Waals surface area contributed by atoms with Gasteiger partial charge in [0.25, 0.3) is 0 Å². The van der Waals surface area contributed by atoms with Crippen molar-refractivity contribution in [1.29, 1.82) is 0 Å². The molecular formula is C10H18SSe. The van der Waals surface area contributed by atoms with Crippen molar-refractivity contribution in [3.05, 3.63) is 9.88 Å². The maximum absolute atomic E-state index is 2.55. The average molecular weight is 249 g/mol.